The highest BCUT2D eigenvalue weighted by Gasteiger charge is 2.18. The van der Waals surface area contributed by atoms with Crippen LogP contribution < -0.4 is 20.1 Å². The number of hydrogen-bond acceptors (Lipinski definition) is 4. The molecule has 1 saturated heterocycles. The molecule has 0 aromatic heterocycles. The van der Waals surface area contributed by atoms with Crippen molar-refractivity contribution in [2.45, 2.75) is 26.2 Å². The highest BCUT2D eigenvalue weighted by Crippen LogP contribution is 2.29. The van der Waals surface area contributed by atoms with Gasteiger partial charge >= 0.3 is 0 Å². The van der Waals surface area contributed by atoms with E-state index in [4.69, 9.17) is 9.47 Å². The van der Waals surface area contributed by atoms with Crippen molar-refractivity contribution in [3.05, 3.63) is 18.2 Å². The van der Waals surface area contributed by atoms with E-state index in [1.807, 2.05) is 30.0 Å². The molecule has 1 fully saturated rings. The number of ether oxygens (including phenoxy) is 2. The summed E-state index contributed by atoms with van der Waals surface area (Å²) in [6, 6.07) is 5.63. The maximum atomic E-state index is 11.6. The summed E-state index contributed by atoms with van der Waals surface area (Å²) < 4.78 is 10.6. The number of guanidine groups is 1. The van der Waals surface area contributed by atoms with Crippen LogP contribution in [0.15, 0.2) is 23.2 Å². The van der Waals surface area contributed by atoms with E-state index >= 15 is 0 Å². The van der Waals surface area contributed by atoms with Gasteiger partial charge in [-0.15, -0.1) is 0 Å². The Morgan fingerprint density at radius 2 is 2.08 bits per heavy atom. The summed E-state index contributed by atoms with van der Waals surface area (Å²) in [4.78, 5) is 18.1. The Labute approximate surface area is 149 Å². The topological polar surface area (TPSA) is 75.2 Å². The molecule has 1 aromatic rings. The molecule has 1 aliphatic heterocycles. The number of benzene rings is 1. The highest BCUT2D eigenvalue weighted by molar-refractivity contribution is 5.93. The molecule has 0 saturated carbocycles. The van der Waals surface area contributed by atoms with Crippen molar-refractivity contribution in [1.82, 2.24) is 10.2 Å². The van der Waals surface area contributed by atoms with Crippen molar-refractivity contribution < 1.29 is 14.3 Å². The third kappa shape index (κ3) is 5.55. The molecule has 138 valence electrons. The zero-order valence-electron chi connectivity index (χ0n) is 15.3. The molecule has 0 aliphatic carbocycles. The molecule has 0 spiro atoms. The lowest BCUT2D eigenvalue weighted by Crippen LogP contribution is -2.31. The number of nitrogens with zero attached hydrogens (tertiary/aromatic N) is 2. The summed E-state index contributed by atoms with van der Waals surface area (Å²) in [7, 11) is 3.22. The van der Waals surface area contributed by atoms with Crippen molar-refractivity contribution in [3.8, 4) is 11.5 Å². The quantitative estimate of drug-likeness (QED) is 0.427. The molecule has 0 bridgehead atoms. The molecule has 2 rings (SSSR count). The fourth-order valence-corrected chi connectivity index (χ4v) is 2.75. The van der Waals surface area contributed by atoms with E-state index in [1.165, 1.54) is 0 Å². The van der Waals surface area contributed by atoms with Crippen molar-refractivity contribution in [1.29, 1.82) is 0 Å². The fourth-order valence-electron chi connectivity index (χ4n) is 2.75. The van der Waals surface area contributed by atoms with Crippen LogP contribution in [-0.2, 0) is 4.79 Å². The van der Waals surface area contributed by atoms with Crippen LogP contribution in [0.3, 0.4) is 0 Å². The number of nitrogens with one attached hydrogen (secondary N) is 2. The number of aliphatic imine (C=N–C) groups is 1. The van der Waals surface area contributed by atoms with E-state index < -0.39 is 0 Å². The molecule has 7 heteroatoms. The predicted octanol–water partition coefficient (Wildman–Crippen LogP) is 2.09. The third-order valence-corrected chi connectivity index (χ3v) is 4.02. The number of carbonyl (C=O) groups is 1. The van der Waals surface area contributed by atoms with Crippen LogP contribution in [0, 0.1) is 0 Å². The van der Waals surface area contributed by atoms with Gasteiger partial charge in [-0.25, -0.2) is 0 Å². The van der Waals surface area contributed by atoms with Gasteiger partial charge in [0.2, 0.25) is 5.91 Å². The Hall–Kier alpha value is -2.44. The van der Waals surface area contributed by atoms with Crippen molar-refractivity contribution in [3.63, 3.8) is 0 Å². The highest BCUT2D eigenvalue weighted by atomic mass is 16.5. The van der Waals surface area contributed by atoms with Gasteiger partial charge in [-0.3, -0.25) is 9.79 Å². The lowest BCUT2D eigenvalue weighted by molar-refractivity contribution is -0.127. The normalized spacial score (nSPS) is 14.6. The third-order valence-electron chi connectivity index (χ3n) is 4.02. The van der Waals surface area contributed by atoms with Gasteiger partial charge in [-0.05, 0) is 31.9 Å². The maximum Gasteiger partial charge on any atom is 0.222 e. The van der Waals surface area contributed by atoms with Crippen LogP contribution in [0.5, 0.6) is 11.5 Å². The van der Waals surface area contributed by atoms with Crippen molar-refractivity contribution >= 4 is 17.6 Å². The molecule has 1 aliphatic rings. The first-order valence-electron chi connectivity index (χ1n) is 8.73. The number of hydrogen-bond donors (Lipinski definition) is 2. The van der Waals surface area contributed by atoms with Gasteiger partial charge < -0.3 is 25.0 Å². The zero-order valence-corrected chi connectivity index (χ0v) is 15.3. The Morgan fingerprint density at radius 3 is 2.72 bits per heavy atom. The molecule has 0 radical (unpaired) electrons. The monoisotopic (exact) mass is 348 g/mol. The van der Waals surface area contributed by atoms with Crippen LogP contribution in [0.4, 0.5) is 5.69 Å². The number of methoxy groups -OCH3 is 2. The first-order chi connectivity index (χ1) is 12.2. The summed E-state index contributed by atoms with van der Waals surface area (Å²) in [5, 5.41) is 6.49. The smallest absolute Gasteiger partial charge is 0.222 e. The molecule has 25 heavy (non-hydrogen) atoms. The largest absolute Gasteiger partial charge is 0.493 e. The van der Waals surface area contributed by atoms with Crippen LogP contribution in [0.1, 0.15) is 26.2 Å². The Bertz CT molecular complexity index is 604. The lowest BCUT2D eigenvalue weighted by Gasteiger charge is -2.15. The number of anilines is 1. The molecule has 0 unspecified atom stereocenters. The molecular weight excluding hydrogens is 320 g/mol. The van der Waals surface area contributed by atoms with Crippen LogP contribution in [0.2, 0.25) is 0 Å². The average molecular weight is 348 g/mol. The Balaban J connectivity index is 1.91. The van der Waals surface area contributed by atoms with Crippen molar-refractivity contribution in [2.75, 3.05) is 45.7 Å². The number of rotatable bonds is 8. The lowest BCUT2D eigenvalue weighted by atomic mass is 10.3. The van der Waals surface area contributed by atoms with Crippen LogP contribution in [-0.4, -0.2) is 57.2 Å². The average Bonchev–Trinajstić information content (AvgIpc) is 3.03. The molecular formula is C18H28N4O3. The van der Waals surface area contributed by atoms with Gasteiger partial charge in [0.05, 0.1) is 14.2 Å². The van der Waals surface area contributed by atoms with Gasteiger partial charge in [0.1, 0.15) is 0 Å². The minimum absolute atomic E-state index is 0.263. The second kappa shape index (κ2) is 9.76. The van der Waals surface area contributed by atoms with E-state index in [-0.39, 0.29) is 5.91 Å². The second-order valence-corrected chi connectivity index (χ2v) is 5.79. The second-order valence-electron chi connectivity index (χ2n) is 5.79. The predicted molar refractivity (Wildman–Crippen MR) is 99.6 cm³/mol. The first-order valence-corrected chi connectivity index (χ1v) is 8.73. The summed E-state index contributed by atoms with van der Waals surface area (Å²) in [5.74, 6) is 2.32. The number of amides is 1. The fraction of sp³-hybridized carbons (Fsp3) is 0.556. The van der Waals surface area contributed by atoms with Crippen molar-refractivity contribution in [2.24, 2.45) is 4.99 Å². The minimum atomic E-state index is 0.263. The Morgan fingerprint density at radius 1 is 1.28 bits per heavy atom. The SMILES string of the molecule is CCNC(=NCCCN1CCCC1=O)Nc1ccc(OC)c(OC)c1. The molecule has 1 heterocycles. The summed E-state index contributed by atoms with van der Waals surface area (Å²) in [6.45, 7) is 5.11. The van der Waals surface area contributed by atoms with E-state index in [2.05, 4.69) is 15.6 Å². The van der Waals surface area contributed by atoms with Gasteiger partial charge in [-0.2, -0.15) is 0 Å². The summed E-state index contributed by atoms with van der Waals surface area (Å²) in [6.07, 6.45) is 2.52. The van der Waals surface area contributed by atoms with Gasteiger partial charge in [0.15, 0.2) is 17.5 Å². The molecule has 0 atom stereocenters. The van der Waals surface area contributed by atoms with Crippen LogP contribution >= 0.6 is 0 Å². The number of likely N-dealkylation sites (tertiary alicyclic amines) is 1. The first kappa shape index (κ1) is 18.9. The Kier molecular flexibility index (Phi) is 7.37. The van der Waals surface area contributed by atoms with E-state index in [0.717, 1.165) is 38.2 Å². The molecule has 7 nitrogen and oxygen atoms in total. The molecule has 1 amide bonds. The summed E-state index contributed by atoms with van der Waals surface area (Å²) >= 11 is 0. The molecule has 1 aromatic carbocycles. The van der Waals surface area contributed by atoms with Crippen LogP contribution in [0.25, 0.3) is 0 Å². The molecule has 2 N–H and O–H groups in total. The maximum absolute atomic E-state index is 11.6. The minimum Gasteiger partial charge on any atom is -0.493 e. The number of carbonyl (C=O) groups excluding carboxylic acids is 1. The standard InChI is InChI=1S/C18H28N4O3/c1-4-19-18(20-10-6-12-22-11-5-7-17(22)23)21-14-8-9-15(24-2)16(13-14)25-3/h8-9,13H,4-7,10-12H2,1-3H3,(H2,19,20,21). The summed E-state index contributed by atoms with van der Waals surface area (Å²) in [5.41, 5.74) is 0.868. The van der Waals surface area contributed by atoms with Gasteiger partial charge in [-0.1, -0.05) is 0 Å². The van der Waals surface area contributed by atoms with E-state index in [1.54, 1.807) is 14.2 Å². The van der Waals surface area contributed by atoms with Gasteiger partial charge in [0, 0.05) is 44.4 Å². The van der Waals surface area contributed by atoms with Gasteiger partial charge in [0.25, 0.3) is 0 Å². The van der Waals surface area contributed by atoms with E-state index in [0.29, 0.717) is 30.4 Å². The van der Waals surface area contributed by atoms with E-state index in [9.17, 15) is 4.79 Å². The zero-order chi connectivity index (χ0) is 18.1.